The average Bonchev–Trinajstić information content (AvgIpc) is 2.88. The van der Waals surface area contributed by atoms with Crippen molar-refractivity contribution >= 4 is 27.0 Å². The summed E-state index contributed by atoms with van der Waals surface area (Å²) in [6, 6.07) is 13.2. The van der Waals surface area contributed by atoms with Crippen LogP contribution in [0.3, 0.4) is 0 Å². The van der Waals surface area contributed by atoms with Crippen LogP contribution in [0.4, 0.5) is 5.69 Å². The molecule has 1 aliphatic heterocycles. The molecule has 126 valence electrons. The van der Waals surface area contributed by atoms with Crippen molar-refractivity contribution in [3.05, 3.63) is 46.8 Å². The van der Waals surface area contributed by atoms with Gasteiger partial charge >= 0.3 is 0 Å². The topological polar surface area (TPSA) is 64.4 Å². The zero-order valence-electron chi connectivity index (χ0n) is 13.5. The van der Waals surface area contributed by atoms with E-state index in [-0.39, 0.29) is 0 Å². The van der Waals surface area contributed by atoms with Gasteiger partial charge < -0.3 is 4.90 Å². The number of para-hydroxylation sites is 1. The molecule has 1 aromatic heterocycles. The molecule has 0 spiro atoms. The van der Waals surface area contributed by atoms with Crippen LogP contribution in [-0.2, 0) is 10.0 Å². The molecule has 0 N–H and O–H groups in total. The molecule has 1 saturated heterocycles. The molecular weight excluding hydrogens is 342 g/mol. The Balaban J connectivity index is 1.80. The Labute approximate surface area is 146 Å². The van der Waals surface area contributed by atoms with Crippen LogP contribution in [0, 0.1) is 18.3 Å². The number of nitriles is 1. The van der Waals surface area contributed by atoms with Crippen molar-refractivity contribution in [2.75, 3.05) is 31.1 Å². The second-order valence-corrected chi connectivity index (χ2v) is 9.19. The van der Waals surface area contributed by atoms with Crippen molar-refractivity contribution in [3.8, 4) is 6.07 Å². The molecule has 0 atom stereocenters. The maximum atomic E-state index is 12.8. The first-order chi connectivity index (χ1) is 11.5. The van der Waals surface area contributed by atoms with E-state index in [1.54, 1.807) is 16.4 Å². The number of anilines is 1. The van der Waals surface area contributed by atoms with Crippen molar-refractivity contribution < 1.29 is 8.42 Å². The van der Waals surface area contributed by atoms with Gasteiger partial charge in [0.25, 0.3) is 10.0 Å². The molecule has 3 rings (SSSR count). The van der Waals surface area contributed by atoms with Gasteiger partial charge in [0.05, 0.1) is 11.3 Å². The standard InChI is InChI=1S/C17H19N3O2S2/c1-14-7-8-17(23-14)24(21,22)20-10-4-9-19(11-12-20)16-6-3-2-5-15(16)13-18/h2-3,5-8H,4,9-12H2,1H3. The minimum Gasteiger partial charge on any atom is -0.369 e. The Morgan fingerprint density at radius 3 is 2.58 bits per heavy atom. The fourth-order valence-corrected chi connectivity index (χ4v) is 5.80. The van der Waals surface area contributed by atoms with Gasteiger partial charge in [-0.1, -0.05) is 12.1 Å². The summed E-state index contributed by atoms with van der Waals surface area (Å²) in [6.07, 6.45) is 0.739. The second-order valence-electron chi connectivity index (χ2n) is 5.74. The largest absolute Gasteiger partial charge is 0.369 e. The quantitative estimate of drug-likeness (QED) is 0.843. The summed E-state index contributed by atoms with van der Waals surface area (Å²) in [6.45, 7) is 4.17. The molecule has 0 amide bonds. The molecule has 0 aliphatic carbocycles. The number of thiophene rings is 1. The maximum absolute atomic E-state index is 12.8. The minimum absolute atomic E-state index is 0.408. The Morgan fingerprint density at radius 2 is 1.88 bits per heavy atom. The first kappa shape index (κ1) is 17.0. The summed E-state index contributed by atoms with van der Waals surface area (Å²) < 4.78 is 27.5. The van der Waals surface area contributed by atoms with E-state index in [0.29, 0.717) is 29.4 Å². The zero-order valence-corrected chi connectivity index (χ0v) is 15.1. The van der Waals surface area contributed by atoms with Gasteiger partial charge in [0.1, 0.15) is 10.3 Å². The molecule has 1 fully saturated rings. The molecule has 2 aromatic rings. The lowest BCUT2D eigenvalue weighted by Crippen LogP contribution is -2.35. The van der Waals surface area contributed by atoms with Crippen molar-refractivity contribution in [1.29, 1.82) is 5.26 Å². The van der Waals surface area contributed by atoms with Gasteiger partial charge in [-0.15, -0.1) is 11.3 Å². The molecular formula is C17H19N3O2S2. The predicted molar refractivity (Wildman–Crippen MR) is 95.8 cm³/mol. The van der Waals surface area contributed by atoms with Gasteiger partial charge in [0.15, 0.2) is 0 Å². The van der Waals surface area contributed by atoms with Crippen molar-refractivity contribution in [2.45, 2.75) is 17.6 Å². The molecule has 1 aliphatic rings. The van der Waals surface area contributed by atoms with E-state index < -0.39 is 10.0 Å². The highest BCUT2D eigenvalue weighted by Crippen LogP contribution is 2.26. The predicted octanol–water partition coefficient (Wildman–Crippen LogP) is 2.83. The summed E-state index contributed by atoms with van der Waals surface area (Å²) in [4.78, 5) is 3.10. The van der Waals surface area contributed by atoms with Crippen LogP contribution in [-0.4, -0.2) is 38.9 Å². The van der Waals surface area contributed by atoms with Gasteiger partial charge in [-0.3, -0.25) is 0 Å². The third kappa shape index (κ3) is 3.31. The van der Waals surface area contributed by atoms with Crippen LogP contribution in [0.2, 0.25) is 0 Å². The number of hydrogen-bond acceptors (Lipinski definition) is 5. The number of hydrogen-bond donors (Lipinski definition) is 0. The summed E-state index contributed by atoms with van der Waals surface area (Å²) in [5.74, 6) is 0. The van der Waals surface area contributed by atoms with Crippen LogP contribution < -0.4 is 4.90 Å². The van der Waals surface area contributed by atoms with Gasteiger partial charge in [0, 0.05) is 31.1 Å². The number of nitrogens with zero attached hydrogens (tertiary/aromatic N) is 3. The molecule has 0 saturated carbocycles. The van der Waals surface area contributed by atoms with Gasteiger partial charge in [-0.25, -0.2) is 8.42 Å². The van der Waals surface area contributed by atoms with E-state index in [1.165, 1.54) is 11.3 Å². The third-order valence-corrected chi connectivity index (χ3v) is 7.50. The Bertz CT molecular complexity index is 868. The van der Waals surface area contributed by atoms with E-state index in [0.717, 1.165) is 23.5 Å². The molecule has 1 aromatic carbocycles. The molecule has 24 heavy (non-hydrogen) atoms. The van der Waals surface area contributed by atoms with Crippen LogP contribution in [0.5, 0.6) is 0 Å². The van der Waals surface area contributed by atoms with E-state index in [2.05, 4.69) is 11.0 Å². The molecule has 7 heteroatoms. The smallest absolute Gasteiger partial charge is 0.252 e. The number of rotatable bonds is 3. The molecule has 0 radical (unpaired) electrons. The van der Waals surface area contributed by atoms with Crippen molar-refractivity contribution in [3.63, 3.8) is 0 Å². The number of aryl methyl sites for hydroxylation is 1. The summed E-state index contributed by atoms with van der Waals surface area (Å²) >= 11 is 1.31. The fourth-order valence-electron chi connectivity index (χ4n) is 2.90. The first-order valence-electron chi connectivity index (χ1n) is 7.83. The third-order valence-electron chi connectivity index (χ3n) is 4.13. The van der Waals surface area contributed by atoms with Crippen molar-refractivity contribution in [2.24, 2.45) is 0 Å². The van der Waals surface area contributed by atoms with Gasteiger partial charge in [-0.05, 0) is 37.6 Å². The van der Waals surface area contributed by atoms with Crippen LogP contribution in [0.25, 0.3) is 0 Å². The first-order valence-corrected chi connectivity index (χ1v) is 10.1. The summed E-state index contributed by atoms with van der Waals surface area (Å²) in [7, 11) is -3.43. The average molecular weight is 361 g/mol. The van der Waals surface area contributed by atoms with Gasteiger partial charge in [-0.2, -0.15) is 9.57 Å². The lowest BCUT2D eigenvalue weighted by molar-refractivity contribution is 0.434. The Morgan fingerprint density at radius 1 is 1.08 bits per heavy atom. The SMILES string of the molecule is Cc1ccc(S(=O)(=O)N2CCCN(c3ccccc3C#N)CC2)s1. The second kappa shape index (κ2) is 6.93. The van der Waals surface area contributed by atoms with E-state index in [9.17, 15) is 13.7 Å². The highest BCUT2D eigenvalue weighted by molar-refractivity contribution is 7.91. The summed E-state index contributed by atoms with van der Waals surface area (Å²) in [5, 5.41) is 9.27. The molecule has 0 unspecified atom stereocenters. The molecule has 0 bridgehead atoms. The maximum Gasteiger partial charge on any atom is 0.252 e. The number of benzene rings is 1. The minimum atomic E-state index is -3.43. The zero-order chi connectivity index (χ0) is 17.2. The van der Waals surface area contributed by atoms with Crippen LogP contribution >= 0.6 is 11.3 Å². The molecule has 2 heterocycles. The Hall–Kier alpha value is -1.88. The highest BCUT2D eigenvalue weighted by atomic mass is 32.2. The van der Waals surface area contributed by atoms with Crippen molar-refractivity contribution in [1.82, 2.24) is 4.31 Å². The van der Waals surface area contributed by atoms with E-state index in [4.69, 9.17) is 0 Å². The van der Waals surface area contributed by atoms with E-state index >= 15 is 0 Å². The Kier molecular flexibility index (Phi) is 4.90. The fraction of sp³-hybridized carbons (Fsp3) is 0.353. The summed E-state index contributed by atoms with van der Waals surface area (Å²) in [5.41, 5.74) is 1.51. The monoisotopic (exact) mass is 361 g/mol. The van der Waals surface area contributed by atoms with Gasteiger partial charge in [0.2, 0.25) is 0 Å². The van der Waals surface area contributed by atoms with E-state index in [1.807, 2.05) is 31.2 Å². The number of sulfonamides is 1. The lowest BCUT2D eigenvalue weighted by atomic mass is 10.1. The van der Waals surface area contributed by atoms with Crippen LogP contribution in [0.1, 0.15) is 16.9 Å². The highest BCUT2D eigenvalue weighted by Gasteiger charge is 2.28. The van der Waals surface area contributed by atoms with Crippen LogP contribution in [0.15, 0.2) is 40.6 Å². The normalized spacial score (nSPS) is 16.6. The lowest BCUT2D eigenvalue weighted by Gasteiger charge is -2.24. The molecule has 5 nitrogen and oxygen atoms in total.